The van der Waals surface area contributed by atoms with E-state index in [2.05, 4.69) is 15.7 Å². The van der Waals surface area contributed by atoms with Crippen LogP contribution in [0.5, 0.6) is 5.75 Å². The molecule has 1 aromatic heterocycles. The average molecular weight is 465 g/mol. The molecular weight excluding hydrogens is 445 g/mol. The predicted octanol–water partition coefficient (Wildman–Crippen LogP) is 5.77. The molecule has 32 heavy (non-hydrogen) atoms. The number of nitrogens with one attached hydrogen (secondary N) is 2. The first-order chi connectivity index (χ1) is 15.2. The monoisotopic (exact) mass is 464 g/mol. The second kappa shape index (κ2) is 8.38. The van der Waals surface area contributed by atoms with Gasteiger partial charge in [0, 0.05) is 18.2 Å². The zero-order valence-electron chi connectivity index (χ0n) is 17.2. The maximum Gasteiger partial charge on any atom is 0.410 e. The minimum Gasteiger partial charge on any atom is -0.495 e. The average Bonchev–Trinajstić information content (AvgIpc) is 3.17. The lowest BCUT2D eigenvalue weighted by Gasteiger charge is -2.33. The molecular formula is C22H20ClF3N4O2. The molecule has 0 spiro atoms. The van der Waals surface area contributed by atoms with Crippen molar-refractivity contribution in [3.8, 4) is 5.75 Å². The number of hydrogen-bond donors (Lipinski definition) is 2. The first kappa shape index (κ1) is 22.0. The van der Waals surface area contributed by atoms with E-state index >= 15 is 0 Å². The number of fused-ring (bicyclic) bond motifs is 1. The maximum absolute atomic E-state index is 13.8. The molecule has 4 rings (SSSR count). The summed E-state index contributed by atoms with van der Waals surface area (Å²) in [7, 11) is 1.46. The number of anilines is 2. The van der Waals surface area contributed by atoms with Gasteiger partial charge in [0.15, 0.2) is 11.7 Å². The van der Waals surface area contributed by atoms with Gasteiger partial charge >= 0.3 is 6.18 Å². The molecule has 6 nitrogen and oxygen atoms in total. The van der Waals surface area contributed by atoms with Crippen LogP contribution in [0.3, 0.4) is 0 Å². The van der Waals surface area contributed by atoms with Crippen LogP contribution in [0, 0.1) is 6.92 Å². The number of ether oxygens (including phenoxy) is 1. The molecule has 0 saturated heterocycles. The van der Waals surface area contributed by atoms with E-state index in [1.165, 1.54) is 19.2 Å². The largest absolute Gasteiger partial charge is 0.495 e. The third-order valence-corrected chi connectivity index (χ3v) is 5.61. The van der Waals surface area contributed by atoms with Crippen LogP contribution in [0.15, 0.2) is 48.5 Å². The van der Waals surface area contributed by atoms with E-state index in [4.69, 9.17) is 16.3 Å². The van der Waals surface area contributed by atoms with Crippen LogP contribution in [0.25, 0.3) is 0 Å². The molecule has 0 fully saturated rings. The summed E-state index contributed by atoms with van der Waals surface area (Å²) in [5.41, 5.74) is 1.97. The fourth-order valence-corrected chi connectivity index (χ4v) is 3.90. The Kier molecular flexibility index (Phi) is 5.77. The molecule has 0 bridgehead atoms. The number of nitrogens with zero attached hydrogens (tertiary/aromatic N) is 2. The quantitative estimate of drug-likeness (QED) is 0.514. The molecule has 0 radical (unpaired) electrons. The van der Waals surface area contributed by atoms with Gasteiger partial charge in [-0.15, -0.1) is 0 Å². The van der Waals surface area contributed by atoms with Crippen LogP contribution in [0.2, 0.25) is 5.02 Å². The molecule has 1 amide bonds. The first-order valence-corrected chi connectivity index (χ1v) is 10.2. The van der Waals surface area contributed by atoms with Gasteiger partial charge in [-0.25, -0.2) is 4.68 Å². The van der Waals surface area contributed by atoms with Crippen molar-refractivity contribution in [3.63, 3.8) is 0 Å². The van der Waals surface area contributed by atoms with Crippen molar-refractivity contribution in [3.05, 3.63) is 70.4 Å². The van der Waals surface area contributed by atoms with Gasteiger partial charge in [-0.3, -0.25) is 4.79 Å². The van der Waals surface area contributed by atoms with E-state index in [-0.39, 0.29) is 23.0 Å². The van der Waals surface area contributed by atoms with Crippen LogP contribution >= 0.6 is 11.6 Å². The van der Waals surface area contributed by atoms with Crippen molar-refractivity contribution in [2.45, 2.75) is 31.6 Å². The van der Waals surface area contributed by atoms with E-state index in [1.807, 2.05) is 19.1 Å². The number of aryl methyl sites for hydroxylation is 1. The van der Waals surface area contributed by atoms with E-state index in [0.29, 0.717) is 11.4 Å². The summed E-state index contributed by atoms with van der Waals surface area (Å²) in [4.78, 5) is 12.7. The van der Waals surface area contributed by atoms with Crippen molar-refractivity contribution >= 4 is 29.0 Å². The SMILES string of the molecule is COc1ccc(NC(=O)c2cc3n(n2)[C@H](C(F)(F)F)C[C@H](c2ccc(C)cc2)N3)cc1Cl. The van der Waals surface area contributed by atoms with E-state index < -0.39 is 24.2 Å². The Morgan fingerprint density at radius 2 is 1.94 bits per heavy atom. The number of benzene rings is 2. The number of methoxy groups -OCH3 is 1. The summed E-state index contributed by atoms with van der Waals surface area (Å²) in [5.74, 6) is -0.0914. The van der Waals surface area contributed by atoms with Crippen molar-refractivity contribution in [2.24, 2.45) is 0 Å². The highest BCUT2D eigenvalue weighted by atomic mass is 35.5. The molecule has 168 valence electrons. The minimum absolute atomic E-state index is 0.127. The van der Waals surface area contributed by atoms with Crippen molar-refractivity contribution in [2.75, 3.05) is 17.7 Å². The summed E-state index contributed by atoms with van der Waals surface area (Å²) < 4.78 is 47.4. The Hall–Kier alpha value is -3.20. The van der Waals surface area contributed by atoms with Crippen LogP contribution in [0.4, 0.5) is 24.7 Å². The number of halogens is 4. The molecule has 1 aliphatic rings. The van der Waals surface area contributed by atoms with Gasteiger partial charge in [-0.2, -0.15) is 18.3 Å². The van der Waals surface area contributed by atoms with Gasteiger partial charge in [-0.05, 0) is 30.7 Å². The summed E-state index contributed by atoms with van der Waals surface area (Å²) in [6.45, 7) is 1.91. The van der Waals surface area contributed by atoms with Crippen LogP contribution in [0.1, 0.15) is 40.1 Å². The Morgan fingerprint density at radius 3 is 2.56 bits per heavy atom. The normalized spacial score (nSPS) is 17.9. The first-order valence-electron chi connectivity index (χ1n) is 9.80. The van der Waals surface area contributed by atoms with Gasteiger partial charge in [0.1, 0.15) is 11.6 Å². The fraction of sp³-hybridized carbons (Fsp3) is 0.273. The minimum atomic E-state index is -4.52. The topological polar surface area (TPSA) is 68.2 Å². The van der Waals surface area contributed by atoms with E-state index in [0.717, 1.165) is 15.8 Å². The lowest BCUT2D eigenvalue weighted by Crippen LogP contribution is -2.35. The number of rotatable bonds is 4. The molecule has 2 atom stereocenters. The number of carbonyl (C=O) groups is 1. The summed E-state index contributed by atoms with van der Waals surface area (Å²) in [6.07, 6.45) is -4.76. The Morgan fingerprint density at radius 1 is 1.22 bits per heavy atom. The zero-order valence-corrected chi connectivity index (χ0v) is 18.0. The highest BCUT2D eigenvalue weighted by Gasteiger charge is 2.46. The number of aromatic nitrogens is 2. The van der Waals surface area contributed by atoms with Gasteiger partial charge in [0.25, 0.3) is 5.91 Å². The zero-order chi connectivity index (χ0) is 23.0. The maximum atomic E-state index is 13.8. The van der Waals surface area contributed by atoms with Crippen LogP contribution < -0.4 is 15.4 Å². The third-order valence-electron chi connectivity index (χ3n) is 5.31. The molecule has 10 heteroatoms. The number of carbonyl (C=O) groups excluding carboxylic acids is 1. The van der Waals surface area contributed by atoms with Gasteiger partial charge in [0.05, 0.1) is 18.2 Å². The lowest BCUT2D eigenvalue weighted by atomic mass is 9.96. The van der Waals surface area contributed by atoms with E-state index in [1.54, 1.807) is 24.3 Å². The molecule has 3 aromatic rings. The second-order valence-corrected chi connectivity index (χ2v) is 7.97. The van der Waals surface area contributed by atoms with Crippen molar-refractivity contribution in [1.29, 1.82) is 0 Å². The van der Waals surface area contributed by atoms with Crippen LogP contribution in [-0.4, -0.2) is 29.0 Å². The Balaban J connectivity index is 1.62. The molecule has 0 saturated carbocycles. The third kappa shape index (κ3) is 4.38. The smallest absolute Gasteiger partial charge is 0.410 e. The summed E-state index contributed by atoms with van der Waals surface area (Å²) in [6, 6.07) is 10.8. The lowest BCUT2D eigenvalue weighted by molar-refractivity contribution is -0.173. The van der Waals surface area contributed by atoms with Gasteiger partial charge in [-0.1, -0.05) is 41.4 Å². The Labute approximate surface area is 187 Å². The van der Waals surface area contributed by atoms with Gasteiger partial charge in [0.2, 0.25) is 0 Å². The molecule has 2 heterocycles. The molecule has 1 aliphatic heterocycles. The van der Waals surface area contributed by atoms with Crippen molar-refractivity contribution < 1.29 is 22.7 Å². The number of hydrogen-bond acceptors (Lipinski definition) is 4. The van der Waals surface area contributed by atoms with Gasteiger partial charge < -0.3 is 15.4 Å². The molecule has 0 unspecified atom stereocenters. The van der Waals surface area contributed by atoms with Crippen LogP contribution in [-0.2, 0) is 0 Å². The van der Waals surface area contributed by atoms with E-state index in [9.17, 15) is 18.0 Å². The summed E-state index contributed by atoms with van der Waals surface area (Å²) in [5, 5.41) is 9.92. The van der Waals surface area contributed by atoms with Crippen molar-refractivity contribution in [1.82, 2.24) is 9.78 Å². The molecule has 2 aromatic carbocycles. The highest BCUT2D eigenvalue weighted by Crippen LogP contribution is 2.43. The molecule has 0 aliphatic carbocycles. The highest BCUT2D eigenvalue weighted by molar-refractivity contribution is 6.32. The fourth-order valence-electron chi connectivity index (χ4n) is 3.64. The molecule has 2 N–H and O–H groups in total. The second-order valence-electron chi connectivity index (χ2n) is 7.56. The Bertz CT molecular complexity index is 1150. The summed E-state index contributed by atoms with van der Waals surface area (Å²) >= 11 is 6.06. The predicted molar refractivity (Wildman–Crippen MR) is 115 cm³/mol. The standard InChI is InChI=1S/C22H20ClF3N4O2/c1-12-3-5-13(6-4-12)16-10-19(22(24,25)26)30-20(28-16)11-17(29-30)21(31)27-14-7-8-18(32-2)15(23)9-14/h3-9,11,16,19,28H,10H2,1-2H3,(H,27,31)/t16-,19+/m1/s1. The number of amides is 1. The number of alkyl halides is 3.